The molecule has 19 heavy (non-hydrogen) atoms. The molecule has 0 aliphatic carbocycles. The number of anilines is 1. The molecule has 1 aliphatic heterocycles. The lowest BCUT2D eigenvalue weighted by molar-refractivity contribution is -0.384. The average molecular weight is 264 g/mol. The van der Waals surface area contributed by atoms with Gasteiger partial charge in [-0.25, -0.2) is 0 Å². The van der Waals surface area contributed by atoms with Gasteiger partial charge in [-0.05, 0) is 36.0 Å². The highest BCUT2D eigenvalue weighted by atomic mass is 16.6. The molecule has 1 N–H and O–H groups in total. The van der Waals surface area contributed by atoms with Crippen LogP contribution in [0.4, 0.5) is 11.4 Å². The van der Waals surface area contributed by atoms with E-state index in [0.717, 1.165) is 19.5 Å². The first-order chi connectivity index (χ1) is 9.02. The Kier molecular flexibility index (Phi) is 4.04. The fourth-order valence-electron chi connectivity index (χ4n) is 2.56. The van der Waals surface area contributed by atoms with Crippen LogP contribution in [0.3, 0.4) is 0 Å². The van der Waals surface area contributed by atoms with Crippen molar-refractivity contribution in [2.24, 2.45) is 11.8 Å². The Morgan fingerprint density at radius 3 is 2.74 bits per heavy atom. The maximum atomic E-state index is 11.1. The molecular weight excluding hydrogens is 244 g/mol. The van der Waals surface area contributed by atoms with Crippen LogP contribution in [0.2, 0.25) is 0 Å². The highest BCUT2D eigenvalue weighted by Gasteiger charge is 2.27. The number of hydrogen-bond donors (Lipinski definition) is 1. The number of nitro benzene ring substituents is 1. The van der Waals surface area contributed by atoms with E-state index in [0.29, 0.717) is 23.1 Å². The van der Waals surface area contributed by atoms with Gasteiger partial charge in [-0.2, -0.15) is 0 Å². The van der Waals surface area contributed by atoms with Crippen molar-refractivity contribution in [3.05, 3.63) is 33.9 Å². The molecule has 1 aromatic rings. The second kappa shape index (κ2) is 5.57. The van der Waals surface area contributed by atoms with Gasteiger partial charge in [-0.3, -0.25) is 10.1 Å². The van der Waals surface area contributed by atoms with Crippen LogP contribution in [0, 0.1) is 22.0 Å². The summed E-state index contributed by atoms with van der Waals surface area (Å²) in [5, 5.41) is 20.3. The predicted octanol–water partition coefficient (Wildman–Crippen LogP) is 2.57. The smallest absolute Gasteiger partial charge is 0.292 e. The van der Waals surface area contributed by atoms with Crippen molar-refractivity contribution in [2.45, 2.75) is 26.9 Å². The van der Waals surface area contributed by atoms with Gasteiger partial charge in [-0.15, -0.1) is 0 Å². The Labute approximate surface area is 113 Å². The van der Waals surface area contributed by atoms with E-state index in [2.05, 4.69) is 18.7 Å². The van der Waals surface area contributed by atoms with Gasteiger partial charge in [0, 0.05) is 19.2 Å². The van der Waals surface area contributed by atoms with E-state index < -0.39 is 0 Å². The fourth-order valence-corrected chi connectivity index (χ4v) is 2.56. The Bertz CT molecular complexity index is 476. The zero-order chi connectivity index (χ0) is 14.0. The van der Waals surface area contributed by atoms with Gasteiger partial charge in [0.2, 0.25) is 0 Å². The zero-order valence-electron chi connectivity index (χ0n) is 11.4. The van der Waals surface area contributed by atoms with Crippen LogP contribution in [0.1, 0.15) is 25.8 Å². The summed E-state index contributed by atoms with van der Waals surface area (Å²) in [7, 11) is 0. The maximum Gasteiger partial charge on any atom is 0.292 e. The van der Waals surface area contributed by atoms with Crippen LogP contribution in [0.25, 0.3) is 0 Å². The lowest BCUT2D eigenvalue weighted by Gasteiger charge is -2.36. The van der Waals surface area contributed by atoms with Crippen LogP contribution in [-0.4, -0.2) is 23.1 Å². The molecule has 1 fully saturated rings. The highest BCUT2D eigenvalue weighted by Crippen LogP contribution is 2.34. The minimum atomic E-state index is -0.348. The molecule has 5 nitrogen and oxygen atoms in total. The molecule has 1 aromatic carbocycles. The first kappa shape index (κ1) is 13.8. The first-order valence-electron chi connectivity index (χ1n) is 6.66. The average Bonchev–Trinajstić information content (AvgIpc) is 2.41. The molecule has 0 radical (unpaired) electrons. The van der Waals surface area contributed by atoms with Crippen molar-refractivity contribution >= 4 is 11.4 Å². The van der Waals surface area contributed by atoms with Crippen molar-refractivity contribution < 1.29 is 10.0 Å². The molecule has 1 heterocycles. The standard InChI is InChI=1S/C14H20N2O3/c1-10-5-6-15(8-11(10)2)14-7-12(9-17)3-4-13(14)16(18)19/h3-4,7,10-11,17H,5-6,8-9H2,1-2H3. The summed E-state index contributed by atoms with van der Waals surface area (Å²) >= 11 is 0. The number of benzene rings is 1. The monoisotopic (exact) mass is 264 g/mol. The number of aliphatic hydroxyl groups is 1. The normalized spacial score (nSPS) is 23.4. The van der Waals surface area contributed by atoms with Gasteiger partial charge < -0.3 is 10.0 Å². The number of nitro groups is 1. The zero-order valence-corrected chi connectivity index (χ0v) is 11.4. The van der Waals surface area contributed by atoms with Crippen molar-refractivity contribution in [3.63, 3.8) is 0 Å². The van der Waals surface area contributed by atoms with Crippen LogP contribution in [0.15, 0.2) is 18.2 Å². The van der Waals surface area contributed by atoms with E-state index in [9.17, 15) is 15.2 Å². The largest absolute Gasteiger partial charge is 0.392 e. The topological polar surface area (TPSA) is 66.6 Å². The van der Waals surface area contributed by atoms with Crippen LogP contribution in [0.5, 0.6) is 0 Å². The summed E-state index contributed by atoms with van der Waals surface area (Å²) in [5.74, 6) is 1.17. The first-order valence-corrected chi connectivity index (χ1v) is 6.66. The molecule has 5 heteroatoms. The SMILES string of the molecule is CC1CCN(c2cc(CO)ccc2[N+](=O)[O-])CC1C. The van der Waals surface area contributed by atoms with Gasteiger partial charge in [0.25, 0.3) is 5.69 Å². The molecule has 0 spiro atoms. The Hall–Kier alpha value is -1.62. The summed E-state index contributed by atoms with van der Waals surface area (Å²) in [6.07, 6.45) is 1.04. The predicted molar refractivity (Wildman–Crippen MR) is 74.2 cm³/mol. The van der Waals surface area contributed by atoms with Gasteiger partial charge in [-0.1, -0.05) is 13.8 Å². The second-order valence-corrected chi connectivity index (χ2v) is 5.43. The number of hydrogen-bond acceptors (Lipinski definition) is 4. The number of nitrogens with zero attached hydrogens (tertiary/aromatic N) is 2. The summed E-state index contributed by atoms with van der Waals surface area (Å²) in [4.78, 5) is 12.8. The van der Waals surface area contributed by atoms with Gasteiger partial charge in [0.15, 0.2) is 0 Å². The highest BCUT2D eigenvalue weighted by molar-refractivity contribution is 5.64. The minimum Gasteiger partial charge on any atom is -0.392 e. The Morgan fingerprint density at radius 1 is 1.42 bits per heavy atom. The number of rotatable bonds is 3. The molecule has 2 atom stereocenters. The number of piperidine rings is 1. The van der Waals surface area contributed by atoms with Crippen molar-refractivity contribution in [2.75, 3.05) is 18.0 Å². The van der Waals surface area contributed by atoms with Crippen LogP contribution >= 0.6 is 0 Å². The van der Waals surface area contributed by atoms with E-state index in [1.165, 1.54) is 6.07 Å². The van der Waals surface area contributed by atoms with E-state index in [-0.39, 0.29) is 17.2 Å². The molecule has 0 aromatic heterocycles. The van der Waals surface area contributed by atoms with Crippen molar-refractivity contribution in [1.29, 1.82) is 0 Å². The maximum absolute atomic E-state index is 11.1. The number of aliphatic hydroxyl groups excluding tert-OH is 1. The summed E-state index contributed by atoms with van der Waals surface area (Å²) in [6, 6.07) is 4.84. The molecule has 0 amide bonds. The summed E-state index contributed by atoms with van der Waals surface area (Å²) < 4.78 is 0. The molecule has 1 saturated heterocycles. The Morgan fingerprint density at radius 2 is 2.16 bits per heavy atom. The minimum absolute atomic E-state index is 0.0925. The van der Waals surface area contributed by atoms with E-state index in [4.69, 9.17) is 0 Å². The van der Waals surface area contributed by atoms with Gasteiger partial charge in [0.1, 0.15) is 5.69 Å². The van der Waals surface area contributed by atoms with Crippen LogP contribution < -0.4 is 4.90 Å². The third-order valence-corrected chi connectivity index (χ3v) is 4.09. The van der Waals surface area contributed by atoms with Crippen LogP contribution in [-0.2, 0) is 6.61 Å². The summed E-state index contributed by atoms with van der Waals surface area (Å²) in [5.41, 5.74) is 1.47. The third-order valence-electron chi connectivity index (χ3n) is 4.09. The van der Waals surface area contributed by atoms with E-state index in [1.54, 1.807) is 12.1 Å². The van der Waals surface area contributed by atoms with Crippen molar-refractivity contribution in [3.8, 4) is 0 Å². The molecule has 1 aliphatic rings. The molecule has 0 bridgehead atoms. The lowest BCUT2D eigenvalue weighted by Crippen LogP contribution is -2.38. The lowest BCUT2D eigenvalue weighted by atomic mass is 9.88. The molecule has 2 rings (SSSR count). The second-order valence-electron chi connectivity index (χ2n) is 5.43. The molecular formula is C14H20N2O3. The van der Waals surface area contributed by atoms with Crippen molar-refractivity contribution in [1.82, 2.24) is 0 Å². The summed E-state index contributed by atoms with van der Waals surface area (Å²) in [6.45, 7) is 5.97. The van der Waals surface area contributed by atoms with E-state index in [1.807, 2.05) is 0 Å². The third kappa shape index (κ3) is 2.87. The Balaban J connectivity index is 2.34. The fraction of sp³-hybridized carbons (Fsp3) is 0.571. The quantitative estimate of drug-likeness (QED) is 0.673. The van der Waals surface area contributed by atoms with E-state index >= 15 is 0 Å². The molecule has 0 saturated carbocycles. The van der Waals surface area contributed by atoms with Gasteiger partial charge in [0.05, 0.1) is 11.5 Å². The molecule has 104 valence electrons. The van der Waals surface area contributed by atoms with Gasteiger partial charge >= 0.3 is 0 Å². The molecule has 2 unspecified atom stereocenters.